The quantitative estimate of drug-likeness (QED) is 0.780. The van der Waals surface area contributed by atoms with E-state index in [1.54, 1.807) is 4.90 Å². The van der Waals surface area contributed by atoms with Gasteiger partial charge in [-0.05, 0) is 18.6 Å². The zero-order chi connectivity index (χ0) is 11.5. The highest BCUT2D eigenvalue weighted by Gasteiger charge is 2.21. The lowest BCUT2D eigenvalue weighted by atomic mass is 10.2. The first-order valence-corrected chi connectivity index (χ1v) is 5.64. The molecular formula is C11H14ClN3O. The second kappa shape index (κ2) is 4.72. The highest BCUT2D eigenvalue weighted by molar-refractivity contribution is 6.34. The maximum Gasteiger partial charge on any atom is 0.240 e. The van der Waals surface area contributed by atoms with Gasteiger partial charge in [0, 0.05) is 13.1 Å². The number of fused-ring (bicyclic) bond motifs is 1. The fourth-order valence-corrected chi connectivity index (χ4v) is 2.09. The fraction of sp³-hybridized carbons (Fsp3) is 0.364. The molecule has 0 unspecified atom stereocenters. The summed E-state index contributed by atoms with van der Waals surface area (Å²) in [6.45, 7) is 1.51. The molecule has 16 heavy (non-hydrogen) atoms. The maximum absolute atomic E-state index is 11.7. The highest BCUT2D eigenvalue weighted by Crippen LogP contribution is 2.34. The van der Waals surface area contributed by atoms with Gasteiger partial charge in [-0.15, -0.1) is 0 Å². The molecule has 3 N–H and O–H groups in total. The van der Waals surface area contributed by atoms with Crippen LogP contribution >= 0.6 is 11.6 Å². The number of anilines is 2. The van der Waals surface area contributed by atoms with E-state index in [0.29, 0.717) is 11.6 Å². The number of benzene rings is 1. The van der Waals surface area contributed by atoms with Crippen LogP contribution in [0.25, 0.3) is 0 Å². The van der Waals surface area contributed by atoms with Crippen molar-refractivity contribution in [1.82, 2.24) is 0 Å². The van der Waals surface area contributed by atoms with Crippen LogP contribution in [0.2, 0.25) is 5.02 Å². The molecule has 0 aromatic heterocycles. The molecule has 0 aliphatic carbocycles. The lowest BCUT2D eigenvalue weighted by molar-refractivity contribution is -0.117. The third-order valence-electron chi connectivity index (χ3n) is 2.62. The van der Waals surface area contributed by atoms with Gasteiger partial charge < -0.3 is 16.0 Å². The Balaban J connectivity index is 2.44. The predicted octanol–water partition coefficient (Wildman–Crippen LogP) is 1.45. The molecule has 1 heterocycles. The molecule has 1 amide bonds. The molecule has 86 valence electrons. The van der Waals surface area contributed by atoms with Crippen LogP contribution in [0.4, 0.5) is 11.4 Å². The van der Waals surface area contributed by atoms with Gasteiger partial charge >= 0.3 is 0 Å². The summed E-state index contributed by atoms with van der Waals surface area (Å²) in [5.74, 6) is -0.0767. The Kier molecular flexibility index (Phi) is 3.31. The lowest BCUT2D eigenvalue weighted by Gasteiger charge is -2.22. The Bertz CT molecular complexity index is 408. The Morgan fingerprint density at radius 1 is 1.56 bits per heavy atom. The van der Waals surface area contributed by atoms with Crippen molar-refractivity contribution >= 4 is 28.9 Å². The van der Waals surface area contributed by atoms with Crippen LogP contribution in [0, 0.1) is 0 Å². The molecule has 2 rings (SSSR count). The van der Waals surface area contributed by atoms with Crippen LogP contribution in [-0.2, 0) is 4.79 Å². The van der Waals surface area contributed by atoms with Crippen molar-refractivity contribution < 1.29 is 4.79 Å². The molecule has 0 spiro atoms. The van der Waals surface area contributed by atoms with E-state index in [4.69, 9.17) is 17.3 Å². The minimum absolute atomic E-state index is 0.0198. The number of carbonyl (C=O) groups excluding carboxylic acids is 1. The Morgan fingerprint density at radius 2 is 2.38 bits per heavy atom. The van der Waals surface area contributed by atoms with Crippen molar-refractivity contribution in [3.05, 3.63) is 23.2 Å². The van der Waals surface area contributed by atoms with E-state index in [1.807, 2.05) is 18.2 Å². The van der Waals surface area contributed by atoms with Gasteiger partial charge in [-0.25, -0.2) is 0 Å². The molecular weight excluding hydrogens is 226 g/mol. The maximum atomic E-state index is 11.7. The molecule has 5 heteroatoms. The van der Waals surface area contributed by atoms with Crippen molar-refractivity contribution in [2.24, 2.45) is 5.73 Å². The van der Waals surface area contributed by atoms with Gasteiger partial charge in [0.1, 0.15) is 0 Å². The summed E-state index contributed by atoms with van der Waals surface area (Å²) in [6, 6.07) is 5.53. The van der Waals surface area contributed by atoms with E-state index in [2.05, 4.69) is 5.32 Å². The molecule has 1 aromatic rings. The zero-order valence-electron chi connectivity index (χ0n) is 8.87. The first-order chi connectivity index (χ1) is 7.74. The highest BCUT2D eigenvalue weighted by atomic mass is 35.5. The van der Waals surface area contributed by atoms with Crippen molar-refractivity contribution in [2.75, 3.05) is 29.9 Å². The van der Waals surface area contributed by atoms with Gasteiger partial charge in [-0.3, -0.25) is 4.79 Å². The van der Waals surface area contributed by atoms with Crippen LogP contribution in [0.1, 0.15) is 6.42 Å². The first kappa shape index (κ1) is 11.2. The van der Waals surface area contributed by atoms with E-state index in [0.717, 1.165) is 24.3 Å². The average Bonchev–Trinajstić information content (AvgIpc) is 2.51. The third-order valence-corrected chi connectivity index (χ3v) is 2.93. The normalized spacial score (nSPS) is 15.0. The van der Waals surface area contributed by atoms with Crippen molar-refractivity contribution in [3.63, 3.8) is 0 Å². The average molecular weight is 240 g/mol. The van der Waals surface area contributed by atoms with Crippen LogP contribution in [0.15, 0.2) is 18.2 Å². The summed E-state index contributed by atoms with van der Waals surface area (Å²) in [5.41, 5.74) is 7.05. The number of rotatable bonds is 1. The fourth-order valence-electron chi connectivity index (χ4n) is 1.85. The van der Waals surface area contributed by atoms with Gasteiger partial charge in [0.25, 0.3) is 0 Å². The SMILES string of the molecule is NCC(=O)N1CCCNc2c(Cl)cccc21. The van der Waals surface area contributed by atoms with Crippen LogP contribution in [0.5, 0.6) is 0 Å². The first-order valence-electron chi connectivity index (χ1n) is 5.27. The van der Waals surface area contributed by atoms with Gasteiger partial charge in [-0.2, -0.15) is 0 Å². The number of nitrogens with one attached hydrogen (secondary N) is 1. The topological polar surface area (TPSA) is 58.4 Å². The Labute approximate surface area is 99.4 Å². The van der Waals surface area contributed by atoms with Crippen LogP contribution < -0.4 is 16.0 Å². The number of hydrogen-bond donors (Lipinski definition) is 2. The van der Waals surface area contributed by atoms with E-state index in [1.165, 1.54) is 0 Å². The van der Waals surface area contributed by atoms with Gasteiger partial charge in [0.2, 0.25) is 5.91 Å². The van der Waals surface area contributed by atoms with E-state index in [9.17, 15) is 4.79 Å². The molecule has 0 saturated heterocycles. The lowest BCUT2D eigenvalue weighted by Crippen LogP contribution is -2.36. The number of carbonyl (C=O) groups is 1. The van der Waals surface area contributed by atoms with E-state index in [-0.39, 0.29) is 12.5 Å². The summed E-state index contributed by atoms with van der Waals surface area (Å²) in [4.78, 5) is 13.4. The van der Waals surface area contributed by atoms with E-state index < -0.39 is 0 Å². The summed E-state index contributed by atoms with van der Waals surface area (Å²) in [7, 11) is 0. The summed E-state index contributed by atoms with van der Waals surface area (Å²) in [5, 5.41) is 3.87. The molecule has 4 nitrogen and oxygen atoms in total. The number of nitrogens with zero attached hydrogens (tertiary/aromatic N) is 1. The molecule has 0 radical (unpaired) electrons. The van der Waals surface area contributed by atoms with Crippen molar-refractivity contribution in [1.29, 1.82) is 0 Å². The summed E-state index contributed by atoms with van der Waals surface area (Å²) < 4.78 is 0. The molecule has 0 bridgehead atoms. The van der Waals surface area contributed by atoms with Crippen molar-refractivity contribution in [2.45, 2.75) is 6.42 Å². The second-order valence-electron chi connectivity index (χ2n) is 3.66. The summed E-state index contributed by atoms with van der Waals surface area (Å²) in [6.07, 6.45) is 0.886. The van der Waals surface area contributed by atoms with Crippen LogP contribution in [0.3, 0.4) is 0 Å². The number of para-hydroxylation sites is 1. The molecule has 1 aliphatic heterocycles. The standard InChI is InChI=1S/C11H14ClN3O/c12-8-3-1-4-9-11(8)14-5-2-6-15(9)10(16)7-13/h1,3-4,14H,2,5-7,13H2. The Hall–Kier alpha value is -1.26. The molecule has 1 aromatic carbocycles. The number of halogens is 1. The molecule has 0 atom stereocenters. The summed E-state index contributed by atoms with van der Waals surface area (Å²) >= 11 is 6.10. The number of nitrogens with two attached hydrogens (primary N) is 1. The van der Waals surface area contributed by atoms with Gasteiger partial charge in [0.15, 0.2) is 0 Å². The molecule has 0 fully saturated rings. The van der Waals surface area contributed by atoms with E-state index >= 15 is 0 Å². The second-order valence-corrected chi connectivity index (χ2v) is 4.07. The minimum atomic E-state index is -0.0767. The monoisotopic (exact) mass is 239 g/mol. The van der Waals surface area contributed by atoms with Crippen molar-refractivity contribution in [3.8, 4) is 0 Å². The largest absolute Gasteiger partial charge is 0.382 e. The minimum Gasteiger partial charge on any atom is -0.382 e. The molecule has 0 saturated carbocycles. The predicted molar refractivity (Wildman–Crippen MR) is 66.0 cm³/mol. The van der Waals surface area contributed by atoms with Crippen LogP contribution in [-0.4, -0.2) is 25.5 Å². The molecule has 1 aliphatic rings. The Morgan fingerprint density at radius 3 is 3.12 bits per heavy atom. The number of hydrogen-bond acceptors (Lipinski definition) is 3. The van der Waals surface area contributed by atoms with Gasteiger partial charge in [-0.1, -0.05) is 17.7 Å². The third kappa shape index (κ3) is 1.99. The number of amides is 1. The van der Waals surface area contributed by atoms with Gasteiger partial charge in [0.05, 0.1) is 22.9 Å². The zero-order valence-corrected chi connectivity index (χ0v) is 9.63. The smallest absolute Gasteiger partial charge is 0.240 e.